The molecular formula is C12H15BrClNO. The predicted molar refractivity (Wildman–Crippen MR) is 72.5 cm³/mol. The van der Waals surface area contributed by atoms with Gasteiger partial charge >= 0.3 is 0 Å². The molecule has 0 fully saturated rings. The molecule has 0 atom stereocenters. The first-order valence-electron chi connectivity index (χ1n) is 5.05. The van der Waals surface area contributed by atoms with Gasteiger partial charge in [-0.3, -0.25) is 0 Å². The van der Waals surface area contributed by atoms with E-state index in [9.17, 15) is 0 Å². The van der Waals surface area contributed by atoms with Crippen LogP contribution in [0.5, 0.6) is 5.75 Å². The average molecular weight is 305 g/mol. The molecule has 16 heavy (non-hydrogen) atoms. The molecule has 1 rings (SSSR count). The Morgan fingerprint density at radius 2 is 2.31 bits per heavy atom. The van der Waals surface area contributed by atoms with E-state index in [4.69, 9.17) is 16.3 Å². The van der Waals surface area contributed by atoms with Gasteiger partial charge in [0.2, 0.25) is 0 Å². The van der Waals surface area contributed by atoms with Crippen LogP contribution in [0.25, 0.3) is 0 Å². The Balaban J connectivity index is 2.50. The Kier molecular flexibility index (Phi) is 5.88. The quantitative estimate of drug-likeness (QED) is 0.641. The summed E-state index contributed by atoms with van der Waals surface area (Å²) in [5.41, 5.74) is 1.03. The van der Waals surface area contributed by atoms with Gasteiger partial charge in [0.25, 0.3) is 0 Å². The second-order valence-electron chi connectivity index (χ2n) is 3.37. The molecule has 0 heterocycles. The summed E-state index contributed by atoms with van der Waals surface area (Å²) >= 11 is 9.47. The maximum atomic E-state index is 6.08. The van der Waals surface area contributed by atoms with E-state index < -0.39 is 0 Å². The molecule has 0 aliphatic rings. The van der Waals surface area contributed by atoms with Crippen LogP contribution in [-0.4, -0.2) is 19.7 Å². The normalized spacial score (nSPS) is 10.2. The van der Waals surface area contributed by atoms with Crippen molar-refractivity contribution in [2.75, 3.05) is 19.7 Å². The van der Waals surface area contributed by atoms with Crippen LogP contribution >= 0.6 is 27.5 Å². The SMILES string of the molecule is C=CCNCCOc1c(C)cc(Br)cc1Cl. The highest BCUT2D eigenvalue weighted by molar-refractivity contribution is 9.10. The number of rotatable bonds is 6. The minimum Gasteiger partial charge on any atom is -0.490 e. The number of ether oxygens (including phenoxy) is 1. The van der Waals surface area contributed by atoms with Crippen LogP contribution in [-0.2, 0) is 0 Å². The number of halogens is 2. The van der Waals surface area contributed by atoms with Crippen molar-refractivity contribution in [3.8, 4) is 5.75 Å². The van der Waals surface area contributed by atoms with Gasteiger partial charge < -0.3 is 10.1 Å². The smallest absolute Gasteiger partial charge is 0.140 e. The molecule has 1 N–H and O–H groups in total. The van der Waals surface area contributed by atoms with Crippen molar-refractivity contribution < 1.29 is 4.74 Å². The van der Waals surface area contributed by atoms with E-state index in [1.54, 1.807) is 0 Å². The van der Waals surface area contributed by atoms with Crippen molar-refractivity contribution in [3.63, 3.8) is 0 Å². The third kappa shape index (κ3) is 4.16. The van der Waals surface area contributed by atoms with E-state index in [1.165, 1.54) is 0 Å². The highest BCUT2D eigenvalue weighted by Gasteiger charge is 2.06. The van der Waals surface area contributed by atoms with Crippen molar-refractivity contribution in [2.24, 2.45) is 0 Å². The van der Waals surface area contributed by atoms with Crippen LogP contribution in [0.15, 0.2) is 29.3 Å². The molecule has 0 aromatic heterocycles. The standard InChI is InChI=1S/C12H15BrClNO/c1-3-4-15-5-6-16-12-9(2)7-10(13)8-11(12)14/h3,7-8,15H,1,4-6H2,2H3. The first kappa shape index (κ1) is 13.6. The maximum Gasteiger partial charge on any atom is 0.140 e. The fourth-order valence-corrected chi connectivity index (χ4v) is 2.33. The number of benzene rings is 1. The molecule has 0 aliphatic heterocycles. The Morgan fingerprint density at radius 1 is 1.56 bits per heavy atom. The summed E-state index contributed by atoms with van der Waals surface area (Å²) in [5.74, 6) is 0.755. The largest absolute Gasteiger partial charge is 0.490 e. The third-order valence-corrected chi connectivity index (χ3v) is 2.75. The zero-order valence-electron chi connectivity index (χ0n) is 9.22. The first-order chi connectivity index (χ1) is 7.65. The molecular weight excluding hydrogens is 289 g/mol. The van der Waals surface area contributed by atoms with E-state index in [1.807, 2.05) is 25.1 Å². The van der Waals surface area contributed by atoms with E-state index in [0.717, 1.165) is 28.9 Å². The minimum atomic E-state index is 0.593. The van der Waals surface area contributed by atoms with Gasteiger partial charge in [-0.25, -0.2) is 0 Å². The molecule has 0 spiro atoms. The summed E-state index contributed by atoms with van der Waals surface area (Å²) in [6.45, 7) is 7.76. The summed E-state index contributed by atoms with van der Waals surface area (Å²) in [6, 6.07) is 3.82. The van der Waals surface area contributed by atoms with Crippen LogP contribution in [0, 0.1) is 6.92 Å². The second kappa shape index (κ2) is 6.94. The number of nitrogens with one attached hydrogen (secondary N) is 1. The number of hydrogen-bond donors (Lipinski definition) is 1. The minimum absolute atomic E-state index is 0.593. The van der Waals surface area contributed by atoms with E-state index in [0.29, 0.717) is 11.6 Å². The van der Waals surface area contributed by atoms with Crippen molar-refractivity contribution in [3.05, 3.63) is 39.8 Å². The van der Waals surface area contributed by atoms with Gasteiger partial charge in [0, 0.05) is 17.6 Å². The summed E-state index contributed by atoms with van der Waals surface area (Å²) in [4.78, 5) is 0. The summed E-state index contributed by atoms with van der Waals surface area (Å²) in [7, 11) is 0. The summed E-state index contributed by atoms with van der Waals surface area (Å²) in [5, 5.41) is 3.80. The molecule has 0 amide bonds. The predicted octanol–water partition coefficient (Wildman–Crippen LogP) is 3.57. The Hall–Kier alpha value is -0.510. The van der Waals surface area contributed by atoms with Crippen molar-refractivity contribution in [1.82, 2.24) is 5.32 Å². The van der Waals surface area contributed by atoms with Crippen molar-refractivity contribution >= 4 is 27.5 Å². The molecule has 0 unspecified atom stereocenters. The average Bonchev–Trinajstić information content (AvgIpc) is 2.20. The van der Waals surface area contributed by atoms with Gasteiger partial charge in [-0.05, 0) is 24.6 Å². The van der Waals surface area contributed by atoms with E-state index in [-0.39, 0.29) is 0 Å². The van der Waals surface area contributed by atoms with Crippen LogP contribution < -0.4 is 10.1 Å². The first-order valence-corrected chi connectivity index (χ1v) is 6.22. The molecule has 1 aromatic rings. The third-order valence-electron chi connectivity index (χ3n) is 2.01. The van der Waals surface area contributed by atoms with Crippen LogP contribution in [0.4, 0.5) is 0 Å². The summed E-state index contributed by atoms with van der Waals surface area (Å²) in [6.07, 6.45) is 1.82. The van der Waals surface area contributed by atoms with Crippen LogP contribution in [0.2, 0.25) is 5.02 Å². The van der Waals surface area contributed by atoms with Gasteiger partial charge in [0.1, 0.15) is 12.4 Å². The monoisotopic (exact) mass is 303 g/mol. The Morgan fingerprint density at radius 3 is 2.94 bits per heavy atom. The molecule has 0 bridgehead atoms. The molecule has 1 aromatic carbocycles. The lowest BCUT2D eigenvalue weighted by Crippen LogP contribution is -2.21. The fraction of sp³-hybridized carbons (Fsp3) is 0.333. The van der Waals surface area contributed by atoms with Gasteiger partial charge in [0.15, 0.2) is 0 Å². The van der Waals surface area contributed by atoms with Gasteiger partial charge in [-0.15, -0.1) is 6.58 Å². The van der Waals surface area contributed by atoms with Crippen LogP contribution in [0.3, 0.4) is 0 Å². The van der Waals surface area contributed by atoms with Gasteiger partial charge in [-0.1, -0.05) is 33.6 Å². The zero-order chi connectivity index (χ0) is 12.0. The highest BCUT2D eigenvalue weighted by Crippen LogP contribution is 2.31. The maximum absolute atomic E-state index is 6.08. The summed E-state index contributed by atoms with van der Waals surface area (Å²) < 4.78 is 6.58. The van der Waals surface area contributed by atoms with E-state index >= 15 is 0 Å². The molecule has 0 saturated heterocycles. The topological polar surface area (TPSA) is 21.3 Å². The fourth-order valence-electron chi connectivity index (χ4n) is 1.30. The van der Waals surface area contributed by atoms with Crippen molar-refractivity contribution in [2.45, 2.75) is 6.92 Å². The zero-order valence-corrected chi connectivity index (χ0v) is 11.6. The van der Waals surface area contributed by atoms with Crippen molar-refractivity contribution in [1.29, 1.82) is 0 Å². The second-order valence-corrected chi connectivity index (χ2v) is 4.70. The molecule has 0 radical (unpaired) electrons. The molecule has 88 valence electrons. The Labute approximate surface area is 110 Å². The lowest BCUT2D eigenvalue weighted by Gasteiger charge is -2.11. The lowest BCUT2D eigenvalue weighted by atomic mass is 10.2. The van der Waals surface area contributed by atoms with E-state index in [2.05, 4.69) is 27.8 Å². The highest BCUT2D eigenvalue weighted by atomic mass is 79.9. The van der Waals surface area contributed by atoms with Crippen LogP contribution in [0.1, 0.15) is 5.56 Å². The lowest BCUT2D eigenvalue weighted by molar-refractivity contribution is 0.314. The number of aryl methyl sites for hydroxylation is 1. The molecule has 0 aliphatic carbocycles. The Bertz CT molecular complexity index is 345. The molecule has 0 saturated carbocycles. The molecule has 2 nitrogen and oxygen atoms in total. The van der Waals surface area contributed by atoms with Gasteiger partial charge in [0.05, 0.1) is 5.02 Å². The number of hydrogen-bond acceptors (Lipinski definition) is 2. The van der Waals surface area contributed by atoms with Gasteiger partial charge in [-0.2, -0.15) is 0 Å². The molecule has 4 heteroatoms.